The van der Waals surface area contributed by atoms with Crippen LogP contribution in [0, 0.1) is 0 Å². The molecule has 0 aliphatic carbocycles. The van der Waals surface area contributed by atoms with Gasteiger partial charge in [0.2, 0.25) is 0 Å². The van der Waals surface area contributed by atoms with Crippen LogP contribution in [0.25, 0.3) is 44.5 Å². The molecule has 6 nitrogen and oxygen atoms in total. The number of H-pyrrole nitrogens is 2. The Balaban J connectivity index is 1.70. The summed E-state index contributed by atoms with van der Waals surface area (Å²) in [4.78, 5) is 7.94. The highest BCUT2D eigenvalue weighted by Crippen LogP contribution is 2.30. The average molecular weight is 314 g/mol. The van der Waals surface area contributed by atoms with Crippen molar-refractivity contribution in [3.8, 4) is 22.6 Å². The van der Waals surface area contributed by atoms with Crippen LogP contribution in [0.2, 0.25) is 0 Å². The molecule has 5 aromatic rings. The fraction of sp³-hybridized carbons (Fsp3) is 0.0556. The van der Waals surface area contributed by atoms with Gasteiger partial charge in [-0.3, -0.25) is 14.8 Å². The molecule has 0 bridgehead atoms. The molecule has 0 saturated heterocycles. The number of aromatic amines is 2. The highest BCUT2D eigenvalue weighted by molar-refractivity contribution is 5.96. The predicted molar refractivity (Wildman–Crippen MR) is 93.4 cm³/mol. The first kappa shape index (κ1) is 13.1. The Hall–Kier alpha value is -3.41. The maximum atomic E-state index is 4.51. The number of nitrogens with zero attached hydrogens (tertiary/aromatic N) is 4. The van der Waals surface area contributed by atoms with Gasteiger partial charge in [-0.05, 0) is 18.2 Å². The molecule has 0 atom stereocenters. The third-order valence-corrected chi connectivity index (χ3v) is 4.23. The molecule has 116 valence electrons. The number of benzene rings is 1. The first-order valence-corrected chi connectivity index (χ1v) is 7.69. The summed E-state index contributed by atoms with van der Waals surface area (Å²) in [5.41, 5.74) is 5.78. The number of para-hydroxylation sites is 1. The SMILES string of the molecule is Cn1cc(-c2cc3c(-c4cc5ccccc5[nH]4)n[nH]c3cn2)cn1. The topological polar surface area (TPSA) is 75.2 Å². The van der Waals surface area contributed by atoms with E-state index in [1.165, 1.54) is 5.39 Å². The molecule has 0 spiro atoms. The highest BCUT2D eigenvalue weighted by Gasteiger charge is 2.13. The van der Waals surface area contributed by atoms with Crippen LogP contribution in [0.3, 0.4) is 0 Å². The first-order chi connectivity index (χ1) is 11.8. The van der Waals surface area contributed by atoms with Crippen LogP contribution >= 0.6 is 0 Å². The maximum Gasteiger partial charge on any atom is 0.116 e. The van der Waals surface area contributed by atoms with E-state index < -0.39 is 0 Å². The number of nitrogens with one attached hydrogen (secondary N) is 2. The minimum absolute atomic E-state index is 0.884. The molecule has 0 fully saturated rings. The summed E-state index contributed by atoms with van der Waals surface area (Å²) < 4.78 is 1.77. The molecule has 0 aliphatic heterocycles. The monoisotopic (exact) mass is 314 g/mol. The second kappa shape index (κ2) is 4.79. The summed E-state index contributed by atoms with van der Waals surface area (Å²) in [5.74, 6) is 0. The lowest BCUT2D eigenvalue weighted by Crippen LogP contribution is -1.85. The Morgan fingerprint density at radius 1 is 1.04 bits per heavy atom. The largest absolute Gasteiger partial charge is 0.353 e. The molecule has 0 saturated carbocycles. The number of aryl methyl sites for hydroxylation is 1. The van der Waals surface area contributed by atoms with Gasteiger partial charge in [-0.1, -0.05) is 18.2 Å². The van der Waals surface area contributed by atoms with Gasteiger partial charge in [0.15, 0.2) is 0 Å². The van der Waals surface area contributed by atoms with Gasteiger partial charge in [-0.15, -0.1) is 0 Å². The van der Waals surface area contributed by atoms with E-state index in [0.717, 1.165) is 39.1 Å². The second-order valence-corrected chi connectivity index (χ2v) is 5.86. The lowest BCUT2D eigenvalue weighted by Gasteiger charge is -1.98. The van der Waals surface area contributed by atoms with E-state index in [1.807, 2.05) is 37.8 Å². The maximum absolute atomic E-state index is 4.51. The summed E-state index contributed by atoms with van der Waals surface area (Å²) in [6.45, 7) is 0. The van der Waals surface area contributed by atoms with Crippen molar-refractivity contribution in [3.63, 3.8) is 0 Å². The minimum Gasteiger partial charge on any atom is -0.353 e. The third-order valence-electron chi connectivity index (χ3n) is 4.23. The summed E-state index contributed by atoms with van der Waals surface area (Å²) in [6.07, 6.45) is 5.59. The van der Waals surface area contributed by atoms with Crippen LogP contribution in [0.5, 0.6) is 0 Å². The number of aromatic nitrogens is 6. The number of rotatable bonds is 2. The van der Waals surface area contributed by atoms with Crippen molar-refractivity contribution >= 4 is 21.8 Å². The van der Waals surface area contributed by atoms with Crippen molar-refractivity contribution in [2.75, 3.05) is 0 Å². The lowest BCUT2D eigenvalue weighted by molar-refractivity contribution is 0.768. The zero-order chi connectivity index (χ0) is 16.1. The van der Waals surface area contributed by atoms with Crippen molar-refractivity contribution < 1.29 is 0 Å². The molecule has 4 heterocycles. The Morgan fingerprint density at radius 3 is 2.79 bits per heavy atom. The van der Waals surface area contributed by atoms with Gasteiger partial charge in [0.25, 0.3) is 0 Å². The fourth-order valence-electron chi connectivity index (χ4n) is 3.03. The minimum atomic E-state index is 0.884. The van der Waals surface area contributed by atoms with Crippen LogP contribution in [0.15, 0.2) is 55.0 Å². The zero-order valence-electron chi connectivity index (χ0n) is 13.0. The molecule has 2 N–H and O–H groups in total. The van der Waals surface area contributed by atoms with Crippen LogP contribution in [-0.2, 0) is 7.05 Å². The Labute approximate surface area is 137 Å². The molecule has 0 amide bonds. The van der Waals surface area contributed by atoms with E-state index >= 15 is 0 Å². The van der Waals surface area contributed by atoms with Gasteiger partial charge in [-0.2, -0.15) is 10.2 Å². The van der Waals surface area contributed by atoms with Crippen LogP contribution in [0.4, 0.5) is 0 Å². The van der Waals surface area contributed by atoms with E-state index in [9.17, 15) is 0 Å². The molecule has 0 radical (unpaired) electrons. The van der Waals surface area contributed by atoms with Crippen LogP contribution < -0.4 is 0 Å². The number of hydrogen-bond donors (Lipinski definition) is 2. The molecule has 0 unspecified atom stereocenters. The standard InChI is InChI=1S/C18H14N6/c1-24-10-12(8-20-24)15-7-13-17(9-19-15)22-23-18(13)16-6-11-4-2-3-5-14(11)21-16/h2-10,21H,1H3,(H,22,23). The Morgan fingerprint density at radius 2 is 1.96 bits per heavy atom. The number of fused-ring (bicyclic) bond motifs is 2. The molecule has 5 rings (SSSR count). The Kier molecular flexibility index (Phi) is 2.61. The van der Waals surface area contributed by atoms with Gasteiger partial charge >= 0.3 is 0 Å². The average Bonchev–Trinajstić information content (AvgIpc) is 3.30. The quantitative estimate of drug-likeness (QED) is 0.523. The molecular weight excluding hydrogens is 300 g/mol. The van der Waals surface area contributed by atoms with Gasteiger partial charge in [0.05, 0.1) is 29.3 Å². The second-order valence-electron chi connectivity index (χ2n) is 5.86. The smallest absolute Gasteiger partial charge is 0.116 e. The first-order valence-electron chi connectivity index (χ1n) is 7.69. The Bertz CT molecular complexity index is 1140. The summed E-state index contributed by atoms with van der Waals surface area (Å²) in [5, 5.41) is 14.0. The van der Waals surface area contributed by atoms with Crippen molar-refractivity contribution in [1.82, 2.24) is 29.9 Å². The van der Waals surface area contributed by atoms with E-state index in [1.54, 1.807) is 4.68 Å². The molecular formula is C18H14N6. The van der Waals surface area contributed by atoms with Crippen molar-refractivity contribution in [3.05, 3.63) is 55.0 Å². The molecule has 1 aromatic carbocycles. The molecule has 24 heavy (non-hydrogen) atoms. The van der Waals surface area contributed by atoms with Gasteiger partial charge in [-0.25, -0.2) is 0 Å². The zero-order valence-corrected chi connectivity index (χ0v) is 13.0. The summed E-state index contributed by atoms with van der Waals surface area (Å²) in [6, 6.07) is 12.4. The van der Waals surface area contributed by atoms with Crippen LogP contribution in [0.1, 0.15) is 0 Å². The number of pyridine rings is 1. The van der Waals surface area contributed by atoms with Crippen molar-refractivity contribution in [2.24, 2.45) is 7.05 Å². The third kappa shape index (κ3) is 1.93. The van der Waals surface area contributed by atoms with Gasteiger partial charge in [0.1, 0.15) is 5.69 Å². The summed E-state index contributed by atoms with van der Waals surface area (Å²) >= 11 is 0. The van der Waals surface area contributed by atoms with E-state index in [-0.39, 0.29) is 0 Å². The highest BCUT2D eigenvalue weighted by atomic mass is 15.2. The fourth-order valence-corrected chi connectivity index (χ4v) is 3.03. The lowest BCUT2D eigenvalue weighted by atomic mass is 10.1. The molecule has 0 aliphatic rings. The number of hydrogen-bond acceptors (Lipinski definition) is 3. The van der Waals surface area contributed by atoms with Crippen molar-refractivity contribution in [1.29, 1.82) is 0 Å². The van der Waals surface area contributed by atoms with Gasteiger partial charge < -0.3 is 4.98 Å². The summed E-state index contributed by atoms with van der Waals surface area (Å²) in [7, 11) is 1.90. The van der Waals surface area contributed by atoms with E-state index in [4.69, 9.17) is 0 Å². The van der Waals surface area contributed by atoms with Gasteiger partial charge in [0, 0.05) is 35.1 Å². The molecule has 4 aromatic heterocycles. The predicted octanol–water partition coefficient (Wildman–Crippen LogP) is 3.51. The van der Waals surface area contributed by atoms with Crippen LogP contribution in [-0.4, -0.2) is 29.9 Å². The van der Waals surface area contributed by atoms with E-state index in [2.05, 4.69) is 49.5 Å². The molecule has 6 heteroatoms. The van der Waals surface area contributed by atoms with Crippen molar-refractivity contribution in [2.45, 2.75) is 0 Å². The van der Waals surface area contributed by atoms with E-state index in [0.29, 0.717) is 0 Å². The normalized spacial score (nSPS) is 11.5.